The molecule has 0 bridgehead atoms. The molecule has 0 rings (SSSR count). The van der Waals surface area contributed by atoms with Gasteiger partial charge in [0.05, 0.1) is 19.8 Å². The van der Waals surface area contributed by atoms with E-state index in [0.717, 1.165) is 109 Å². The SMILES string of the molecule is CCCC(=O)OCCCCCCC/C=C/C(=O)OCC(COC(=O)/C=C/CCCCCCCOC(=O)CCC)OC(=O)/C=C/CCCCCCCOC(C)=O. The lowest BCUT2D eigenvalue weighted by Gasteiger charge is -2.16. The number of carbonyl (C=O) groups excluding carboxylic acids is 6. The zero-order valence-electron chi connectivity index (χ0n) is 34.0. The van der Waals surface area contributed by atoms with E-state index in [2.05, 4.69) is 0 Å². The summed E-state index contributed by atoms with van der Waals surface area (Å²) in [6.45, 7) is 6.09. The molecule has 0 spiro atoms. The Kier molecular flexibility index (Phi) is 35.6. The predicted octanol–water partition coefficient (Wildman–Crippen LogP) is 8.92. The van der Waals surface area contributed by atoms with Gasteiger partial charge in [-0.05, 0) is 70.6 Å². The molecule has 0 aromatic rings. The number of carbonyl (C=O) groups is 6. The molecular formula is C43H70O12. The molecule has 0 N–H and O–H groups in total. The van der Waals surface area contributed by atoms with E-state index in [4.69, 9.17) is 28.4 Å². The lowest BCUT2D eigenvalue weighted by Crippen LogP contribution is -2.30. The third-order valence-electron chi connectivity index (χ3n) is 8.15. The number of ether oxygens (including phenoxy) is 6. The largest absolute Gasteiger partial charge is 0.466 e. The molecule has 0 aromatic heterocycles. The van der Waals surface area contributed by atoms with Crippen LogP contribution in [0.1, 0.15) is 162 Å². The molecule has 0 aromatic carbocycles. The summed E-state index contributed by atoms with van der Waals surface area (Å²) in [5.74, 6) is -2.34. The van der Waals surface area contributed by atoms with Crippen molar-refractivity contribution < 1.29 is 57.2 Å². The molecule has 12 nitrogen and oxygen atoms in total. The lowest BCUT2D eigenvalue weighted by atomic mass is 10.1. The van der Waals surface area contributed by atoms with Crippen LogP contribution in [0.5, 0.6) is 0 Å². The van der Waals surface area contributed by atoms with Crippen molar-refractivity contribution in [2.45, 2.75) is 168 Å². The van der Waals surface area contributed by atoms with Gasteiger partial charge in [-0.3, -0.25) is 14.4 Å². The van der Waals surface area contributed by atoms with Crippen molar-refractivity contribution in [1.82, 2.24) is 0 Å². The molecule has 0 amide bonds. The lowest BCUT2D eigenvalue weighted by molar-refractivity contribution is -0.160. The van der Waals surface area contributed by atoms with Crippen LogP contribution in [0.25, 0.3) is 0 Å². The number of allylic oxidation sites excluding steroid dienone is 3. The minimum Gasteiger partial charge on any atom is -0.466 e. The first-order valence-corrected chi connectivity index (χ1v) is 20.7. The van der Waals surface area contributed by atoms with Gasteiger partial charge in [-0.1, -0.05) is 89.9 Å². The van der Waals surface area contributed by atoms with E-state index in [0.29, 0.717) is 51.9 Å². The zero-order valence-corrected chi connectivity index (χ0v) is 34.0. The van der Waals surface area contributed by atoms with Crippen LogP contribution in [-0.2, 0) is 57.2 Å². The van der Waals surface area contributed by atoms with Crippen molar-refractivity contribution in [3.05, 3.63) is 36.5 Å². The van der Waals surface area contributed by atoms with Crippen molar-refractivity contribution in [3.8, 4) is 0 Å². The molecule has 0 saturated carbocycles. The highest BCUT2D eigenvalue weighted by Crippen LogP contribution is 2.10. The van der Waals surface area contributed by atoms with Gasteiger partial charge in [0, 0.05) is 38.0 Å². The van der Waals surface area contributed by atoms with Crippen LogP contribution in [-0.4, -0.2) is 75.0 Å². The second-order valence-corrected chi connectivity index (χ2v) is 13.5. The number of hydrogen-bond acceptors (Lipinski definition) is 12. The van der Waals surface area contributed by atoms with Crippen molar-refractivity contribution >= 4 is 35.8 Å². The van der Waals surface area contributed by atoms with Crippen LogP contribution in [0.15, 0.2) is 36.5 Å². The van der Waals surface area contributed by atoms with Crippen molar-refractivity contribution in [2.24, 2.45) is 0 Å². The van der Waals surface area contributed by atoms with Gasteiger partial charge in [-0.2, -0.15) is 0 Å². The third kappa shape index (κ3) is 38.1. The van der Waals surface area contributed by atoms with Crippen LogP contribution in [0.3, 0.4) is 0 Å². The average molecular weight is 779 g/mol. The van der Waals surface area contributed by atoms with Crippen LogP contribution in [0.2, 0.25) is 0 Å². The van der Waals surface area contributed by atoms with E-state index in [9.17, 15) is 28.8 Å². The van der Waals surface area contributed by atoms with Crippen molar-refractivity contribution in [1.29, 1.82) is 0 Å². The van der Waals surface area contributed by atoms with Gasteiger partial charge < -0.3 is 28.4 Å². The first-order chi connectivity index (χ1) is 26.7. The fourth-order valence-corrected chi connectivity index (χ4v) is 5.13. The maximum Gasteiger partial charge on any atom is 0.330 e. The average Bonchev–Trinajstić information content (AvgIpc) is 3.15. The number of unbranched alkanes of at least 4 members (excludes halogenated alkanes) is 15. The molecular weight excluding hydrogens is 708 g/mol. The highest BCUT2D eigenvalue weighted by atomic mass is 16.6. The topological polar surface area (TPSA) is 158 Å². The van der Waals surface area contributed by atoms with Crippen LogP contribution < -0.4 is 0 Å². The van der Waals surface area contributed by atoms with E-state index < -0.39 is 24.0 Å². The number of hydrogen-bond donors (Lipinski definition) is 0. The van der Waals surface area contributed by atoms with Gasteiger partial charge in [-0.25, -0.2) is 14.4 Å². The molecule has 0 aliphatic rings. The predicted molar refractivity (Wildman–Crippen MR) is 211 cm³/mol. The minimum atomic E-state index is -0.980. The molecule has 0 aliphatic heterocycles. The highest BCUT2D eigenvalue weighted by molar-refractivity contribution is 5.83. The first-order valence-electron chi connectivity index (χ1n) is 20.7. The summed E-state index contributed by atoms with van der Waals surface area (Å²) in [5, 5.41) is 0. The second kappa shape index (κ2) is 38.3. The first kappa shape index (κ1) is 51.0. The van der Waals surface area contributed by atoms with Gasteiger partial charge in [0.25, 0.3) is 0 Å². The quantitative estimate of drug-likeness (QED) is 0.0258. The summed E-state index contributed by atoms with van der Waals surface area (Å²) < 4.78 is 31.3. The molecule has 0 saturated heterocycles. The van der Waals surface area contributed by atoms with Crippen LogP contribution in [0, 0.1) is 0 Å². The maximum absolute atomic E-state index is 12.5. The summed E-state index contributed by atoms with van der Waals surface area (Å²) >= 11 is 0. The number of rotatable bonds is 36. The van der Waals surface area contributed by atoms with Crippen LogP contribution >= 0.6 is 0 Å². The second-order valence-electron chi connectivity index (χ2n) is 13.5. The Hall–Kier alpha value is -3.96. The van der Waals surface area contributed by atoms with Crippen LogP contribution in [0.4, 0.5) is 0 Å². The Balaban J connectivity index is 4.58. The fourth-order valence-electron chi connectivity index (χ4n) is 5.13. The Labute approximate surface area is 330 Å². The van der Waals surface area contributed by atoms with Crippen molar-refractivity contribution in [2.75, 3.05) is 33.0 Å². The molecule has 0 unspecified atom stereocenters. The summed E-state index contributed by atoms with van der Waals surface area (Å²) in [6, 6.07) is 0. The minimum absolute atomic E-state index is 0.144. The van der Waals surface area contributed by atoms with E-state index in [1.807, 2.05) is 13.8 Å². The Bertz CT molecular complexity index is 1070. The van der Waals surface area contributed by atoms with E-state index in [1.165, 1.54) is 25.2 Å². The Morgan fingerprint density at radius 1 is 0.436 bits per heavy atom. The Morgan fingerprint density at radius 2 is 0.782 bits per heavy atom. The van der Waals surface area contributed by atoms with Gasteiger partial charge in [0.2, 0.25) is 0 Å². The summed E-state index contributed by atoms with van der Waals surface area (Å²) in [5.41, 5.74) is 0. The Morgan fingerprint density at radius 3 is 1.16 bits per heavy atom. The standard InChI is InChI=1S/C43H70O12/c1-4-27-39(45)51-33-25-19-13-6-9-15-21-29-41(47)53-35-38(55-43(49)31-23-17-11-8-12-18-24-32-50-37(3)44)36-54-42(48)30-22-16-10-7-14-20-26-34-52-40(46)28-5-2/h21-23,29-31,38H,4-20,24-28,32-36H2,1-3H3/b29-21+,30-22+,31-23+. The van der Waals surface area contributed by atoms with E-state index in [1.54, 1.807) is 18.2 Å². The van der Waals surface area contributed by atoms with E-state index >= 15 is 0 Å². The zero-order chi connectivity index (χ0) is 40.6. The van der Waals surface area contributed by atoms with Gasteiger partial charge in [0.15, 0.2) is 6.10 Å². The summed E-state index contributed by atoms with van der Waals surface area (Å²) in [7, 11) is 0. The van der Waals surface area contributed by atoms with Gasteiger partial charge >= 0.3 is 35.8 Å². The molecule has 0 heterocycles. The third-order valence-corrected chi connectivity index (χ3v) is 8.15. The van der Waals surface area contributed by atoms with Gasteiger partial charge in [0.1, 0.15) is 13.2 Å². The normalized spacial score (nSPS) is 11.3. The summed E-state index contributed by atoms with van der Waals surface area (Å²) in [4.78, 5) is 70.8. The molecule has 0 radical (unpaired) electrons. The van der Waals surface area contributed by atoms with Gasteiger partial charge in [-0.15, -0.1) is 0 Å². The molecule has 12 heteroatoms. The smallest absolute Gasteiger partial charge is 0.330 e. The van der Waals surface area contributed by atoms with Crippen molar-refractivity contribution in [3.63, 3.8) is 0 Å². The highest BCUT2D eigenvalue weighted by Gasteiger charge is 2.17. The fraction of sp³-hybridized carbons (Fsp3) is 0.721. The molecule has 314 valence electrons. The molecule has 0 atom stereocenters. The molecule has 0 fully saturated rings. The maximum atomic E-state index is 12.5. The monoisotopic (exact) mass is 778 g/mol. The molecule has 0 aliphatic carbocycles. The van der Waals surface area contributed by atoms with E-state index in [-0.39, 0.29) is 31.1 Å². The summed E-state index contributed by atoms with van der Waals surface area (Å²) in [6.07, 6.45) is 27.0. The number of esters is 6. The molecule has 55 heavy (non-hydrogen) atoms.